The van der Waals surface area contributed by atoms with Crippen LogP contribution in [0.25, 0.3) is 0 Å². The molecule has 27 heavy (non-hydrogen) atoms. The molecule has 1 fully saturated rings. The van der Waals surface area contributed by atoms with Crippen LogP contribution in [0.1, 0.15) is 18.4 Å². The Hall–Kier alpha value is -1.90. The van der Waals surface area contributed by atoms with Crippen molar-refractivity contribution in [3.63, 3.8) is 0 Å². The number of rotatable bonds is 7. The number of nitrogens with one attached hydrogen (secondary N) is 2. The number of sulfonamides is 1. The number of hydrogen-bond donors (Lipinski definition) is 2. The third-order valence-corrected chi connectivity index (χ3v) is 7.48. The summed E-state index contributed by atoms with van der Waals surface area (Å²) in [6.07, 6.45) is 2.60. The average Bonchev–Trinajstić information content (AvgIpc) is 3.23. The minimum absolute atomic E-state index is 0.0725. The van der Waals surface area contributed by atoms with E-state index in [1.165, 1.54) is 16.9 Å². The zero-order chi connectivity index (χ0) is 19.1. The molecule has 1 unspecified atom stereocenters. The van der Waals surface area contributed by atoms with Crippen LogP contribution < -0.4 is 10.0 Å². The number of piperidine rings is 1. The lowest BCUT2D eigenvalue weighted by molar-refractivity contribution is 0.166. The fourth-order valence-electron chi connectivity index (χ4n) is 3.20. The lowest BCUT2D eigenvalue weighted by Gasteiger charge is -2.32. The summed E-state index contributed by atoms with van der Waals surface area (Å²) in [6, 6.07) is 13.3. The van der Waals surface area contributed by atoms with E-state index in [2.05, 4.69) is 10.0 Å². The fourth-order valence-corrected chi connectivity index (χ4v) is 5.36. The van der Waals surface area contributed by atoms with Gasteiger partial charge < -0.3 is 10.2 Å². The molecule has 1 aliphatic heterocycles. The SMILES string of the molecule is O=C(NCCc1ccccc1)N1CCCC(CNS(=O)(=O)c2cccs2)C1. The van der Waals surface area contributed by atoms with Crippen LogP contribution in [-0.2, 0) is 16.4 Å². The molecular formula is C19H25N3O3S2. The van der Waals surface area contributed by atoms with Gasteiger partial charge in [-0.05, 0) is 42.2 Å². The number of carbonyl (C=O) groups is 1. The summed E-state index contributed by atoms with van der Waals surface area (Å²) in [5.74, 6) is 0.133. The van der Waals surface area contributed by atoms with E-state index in [0.717, 1.165) is 19.3 Å². The molecule has 6 nitrogen and oxygen atoms in total. The Labute approximate surface area is 164 Å². The van der Waals surface area contributed by atoms with Crippen molar-refractivity contribution >= 4 is 27.4 Å². The van der Waals surface area contributed by atoms with Gasteiger partial charge in [-0.1, -0.05) is 36.4 Å². The van der Waals surface area contributed by atoms with Gasteiger partial charge in [0.15, 0.2) is 0 Å². The minimum Gasteiger partial charge on any atom is -0.338 e. The van der Waals surface area contributed by atoms with Gasteiger partial charge in [-0.3, -0.25) is 0 Å². The highest BCUT2D eigenvalue weighted by Crippen LogP contribution is 2.19. The van der Waals surface area contributed by atoms with Crippen molar-refractivity contribution in [3.8, 4) is 0 Å². The van der Waals surface area contributed by atoms with Gasteiger partial charge in [0.05, 0.1) is 0 Å². The summed E-state index contributed by atoms with van der Waals surface area (Å²) in [4.78, 5) is 14.2. The lowest BCUT2D eigenvalue weighted by atomic mass is 9.99. The first-order valence-electron chi connectivity index (χ1n) is 9.14. The van der Waals surface area contributed by atoms with Crippen molar-refractivity contribution in [3.05, 3.63) is 53.4 Å². The Balaban J connectivity index is 1.44. The smallest absolute Gasteiger partial charge is 0.317 e. The molecule has 146 valence electrons. The van der Waals surface area contributed by atoms with Gasteiger partial charge >= 0.3 is 6.03 Å². The predicted octanol–water partition coefficient (Wildman–Crippen LogP) is 2.69. The molecular weight excluding hydrogens is 382 g/mol. The molecule has 1 aromatic heterocycles. The highest BCUT2D eigenvalue weighted by atomic mass is 32.2. The van der Waals surface area contributed by atoms with E-state index in [0.29, 0.717) is 30.4 Å². The van der Waals surface area contributed by atoms with E-state index in [1.54, 1.807) is 22.4 Å². The van der Waals surface area contributed by atoms with Crippen LogP contribution >= 0.6 is 11.3 Å². The lowest BCUT2D eigenvalue weighted by Crippen LogP contribution is -2.48. The zero-order valence-corrected chi connectivity index (χ0v) is 16.8. The second-order valence-electron chi connectivity index (χ2n) is 6.71. The fraction of sp³-hybridized carbons (Fsp3) is 0.421. The van der Waals surface area contributed by atoms with E-state index in [1.807, 2.05) is 30.3 Å². The first-order valence-corrected chi connectivity index (χ1v) is 11.5. The van der Waals surface area contributed by atoms with E-state index < -0.39 is 10.0 Å². The maximum Gasteiger partial charge on any atom is 0.317 e. The number of amides is 2. The largest absolute Gasteiger partial charge is 0.338 e. The topological polar surface area (TPSA) is 78.5 Å². The number of nitrogens with zero attached hydrogens (tertiary/aromatic N) is 1. The molecule has 2 N–H and O–H groups in total. The Morgan fingerprint density at radius 2 is 2.00 bits per heavy atom. The molecule has 1 atom stereocenters. The molecule has 1 aliphatic rings. The van der Waals surface area contributed by atoms with Crippen molar-refractivity contribution < 1.29 is 13.2 Å². The van der Waals surface area contributed by atoms with Gasteiger partial charge in [0.2, 0.25) is 10.0 Å². The van der Waals surface area contributed by atoms with Gasteiger partial charge in [0.1, 0.15) is 4.21 Å². The number of thiophene rings is 1. The molecule has 0 saturated carbocycles. The highest BCUT2D eigenvalue weighted by molar-refractivity contribution is 7.91. The third kappa shape index (κ3) is 5.79. The number of urea groups is 1. The van der Waals surface area contributed by atoms with Crippen molar-refractivity contribution in [2.24, 2.45) is 5.92 Å². The van der Waals surface area contributed by atoms with Crippen molar-refractivity contribution in [1.82, 2.24) is 14.9 Å². The normalized spacial score (nSPS) is 17.6. The average molecular weight is 408 g/mol. The monoisotopic (exact) mass is 407 g/mol. The molecule has 0 spiro atoms. The van der Waals surface area contributed by atoms with Gasteiger partial charge in [0, 0.05) is 26.2 Å². The molecule has 2 aromatic rings. The van der Waals surface area contributed by atoms with E-state index in [-0.39, 0.29) is 11.9 Å². The van der Waals surface area contributed by atoms with Crippen LogP contribution in [0.2, 0.25) is 0 Å². The summed E-state index contributed by atoms with van der Waals surface area (Å²) in [7, 11) is -3.45. The molecule has 0 bridgehead atoms. The van der Waals surface area contributed by atoms with Crippen LogP contribution in [0.4, 0.5) is 4.79 Å². The summed E-state index contributed by atoms with van der Waals surface area (Å²) >= 11 is 1.20. The maximum absolute atomic E-state index is 12.4. The Morgan fingerprint density at radius 1 is 1.19 bits per heavy atom. The Bertz CT molecular complexity index is 823. The second kappa shape index (κ2) is 9.34. The molecule has 2 heterocycles. The summed E-state index contributed by atoms with van der Waals surface area (Å²) in [5.41, 5.74) is 1.19. The molecule has 0 radical (unpaired) electrons. The summed E-state index contributed by atoms with van der Waals surface area (Å²) in [5, 5.41) is 4.71. The van der Waals surface area contributed by atoms with Crippen molar-refractivity contribution in [2.75, 3.05) is 26.2 Å². The standard InChI is InChI=1S/C19H25N3O3S2/c23-19(20-11-10-16-6-2-1-3-7-16)22-12-4-8-17(15-22)14-21-27(24,25)18-9-5-13-26-18/h1-3,5-7,9,13,17,21H,4,8,10-12,14-15H2,(H,20,23). The Kier molecular flexibility index (Phi) is 6.87. The molecule has 1 aromatic carbocycles. The maximum atomic E-state index is 12.4. The molecule has 3 rings (SSSR count). The zero-order valence-electron chi connectivity index (χ0n) is 15.1. The minimum atomic E-state index is -3.45. The van der Waals surface area contributed by atoms with Crippen molar-refractivity contribution in [2.45, 2.75) is 23.5 Å². The van der Waals surface area contributed by atoms with Crippen LogP contribution in [0.3, 0.4) is 0 Å². The molecule has 8 heteroatoms. The highest BCUT2D eigenvalue weighted by Gasteiger charge is 2.25. The predicted molar refractivity (Wildman–Crippen MR) is 107 cm³/mol. The second-order valence-corrected chi connectivity index (χ2v) is 9.65. The first-order chi connectivity index (χ1) is 13.0. The van der Waals surface area contributed by atoms with Crippen molar-refractivity contribution in [1.29, 1.82) is 0 Å². The van der Waals surface area contributed by atoms with Gasteiger partial charge in [-0.15, -0.1) is 11.3 Å². The van der Waals surface area contributed by atoms with E-state index in [9.17, 15) is 13.2 Å². The first kappa shape index (κ1) is 19.9. The van der Waals surface area contributed by atoms with Crippen LogP contribution in [0.15, 0.2) is 52.1 Å². The number of carbonyl (C=O) groups excluding carboxylic acids is 1. The number of benzene rings is 1. The molecule has 2 amide bonds. The van der Waals surface area contributed by atoms with E-state index in [4.69, 9.17) is 0 Å². The summed E-state index contributed by atoms with van der Waals surface area (Å²) in [6.45, 7) is 2.23. The van der Waals surface area contributed by atoms with Crippen LogP contribution in [-0.4, -0.2) is 45.5 Å². The van der Waals surface area contributed by atoms with Crippen LogP contribution in [0, 0.1) is 5.92 Å². The van der Waals surface area contributed by atoms with Gasteiger partial charge in [-0.2, -0.15) is 0 Å². The number of hydrogen-bond acceptors (Lipinski definition) is 4. The third-order valence-electron chi connectivity index (χ3n) is 4.66. The van der Waals surface area contributed by atoms with Gasteiger partial charge in [-0.25, -0.2) is 17.9 Å². The molecule has 1 saturated heterocycles. The van der Waals surface area contributed by atoms with E-state index >= 15 is 0 Å². The quantitative estimate of drug-likeness (QED) is 0.741. The van der Waals surface area contributed by atoms with Crippen LogP contribution in [0.5, 0.6) is 0 Å². The van der Waals surface area contributed by atoms with Gasteiger partial charge in [0.25, 0.3) is 0 Å². The summed E-state index contributed by atoms with van der Waals surface area (Å²) < 4.78 is 27.5. The Morgan fingerprint density at radius 3 is 2.74 bits per heavy atom. The molecule has 0 aliphatic carbocycles. The number of likely N-dealkylation sites (tertiary alicyclic amines) is 1.